The van der Waals surface area contributed by atoms with Crippen LogP contribution in [0.15, 0.2) is 49.2 Å². The molecule has 186 valence electrons. The average Bonchev–Trinajstić information content (AvgIpc) is 2.84. The third kappa shape index (κ3) is 6.49. The zero-order valence-electron chi connectivity index (χ0n) is 20.0. The van der Waals surface area contributed by atoms with Gasteiger partial charge in [-0.3, -0.25) is 4.79 Å². The fraction of sp³-hybridized carbons (Fsp3) is 0.360. The Bertz CT molecular complexity index is 1310. The van der Waals surface area contributed by atoms with Gasteiger partial charge in [0.2, 0.25) is 0 Å². The Morgan fingerprint density at radius 2 is 1.86 bits per heavy atom. The first kappa shape index (κ1) is 26.9. The molecule has 0 saturated heterocycles. The summed E-state index contributed by atoms with van der Waals surface area (Å²) in [5, 5.41) is 4.99. The number of nitrogens with zero attached hydrogens (tertiary/aromatic N) is 3. The fourth-order valence-electron chi connectivity index (χ4n) is 3.27. The van der Waals surface area contributed by atoms with Gasteiger partial charge in [0.05, 0.1) is 30.3 Å². The Hall–Kier alpha value is -2.72. The lowest BCUT2D eigenvalue weighted by Crippen LogP contribution is -2.23. The summed E-state index contributed by atoms with van der Waals surface area (Å²) in [5.74, 6) is 0.965. The van der Waals surface area contributed by atoms with Crippen LogP contribution in [0.25, 0.3) is 10.9 Å². The molecule has 3 rings (SSSR count). The van der Waals surface area contributed by atoms with Crippen molar-refractivity contribution in [2.24, 2.45) is 5.10 Å². The second-order valence-electron chi connectivity index (χ2n) is 7.65. The summed E-state index contributed by atoms with van der Waals surface area (Å²) < 4.78 is 19.0. The highest BCUT2D eigenvalue weighted by Crippen LogP contribution is 2.33. The molecule has 0 fully saturated rings. The Kier molecular flexibility index (Phi) is 9.45. The van der Waals surface area contributed by atoms with Gasteiger partial charge in [0.1, 0.15) is 5.82 Å². The number of benzene rings is 2. The molecule has 35 heavy (non-hydrogen) atoms. The molecule has 0 N–H and O–H groups in total. The SMILES string of the molecule is CCOC(=O)COc1cc(Br)c(C=Nn2c([C@@H](C)CC)nc3ccc(Br)cc3c2=O)cc1OCC. The van der Waals surface area contributed by atoms with Gasteiger partial charge in [-0.2, -0.15) is 9.78 Å². The number of rotatable bonds is 10. The lowest BCUT2D eigenvalue weighted by atomic mass is 10.1. The van der Waals surface area contributed by atoms with Crippen molar-refractivity contribution in [2.45, 2.75) is 40.0 Å². The molecule has 1 heterocycles. The van der Waals surface area contributed by atoms with Crippen molar-refractivity contribution in [1.82, 2.24) is 9.66 Å². The summed E-state index contributed by atoms with van der Waals surface area (Å²) in [6, 6.07) is 8.85. The van der Waals surface area contributed by atoms with Crippen LogP contribution in [0.1, 0.15) is 51.4 Å². The van der Waals surface area contributed by atoms with E-state index in [0.717, 1.165) is 10.9 Å². The maximum Gasteiger partial charge on any atom is 0.344 e. The zero-order valence-corrected chi connectivity index (χ0v) is 23.2. The van der Waals surface area contributed by atoms with Gasteiger partial charge in [-0.05, 0) is 66.5 Å². The standard InChI is InChI=1S/C25H27Br2N3O5/c1-5-15(4)24-29-20-9-8-17(26)11-18(20)25(32)30(24)28-13-16-10-21(33-6-2)22(12-19(16)27)35-14-23(31)34-7-3/h8-13,15H,5-7,14H2,1-4H3/t15-/m0/s1. The zero-order chi connectivity index (χ0) is 25.5. The van der Waals surface area contributed by atoms with Crippen LogP contribution in [0.5, 0.6) is 11.5 Å². The van der Waals surface area contributed by atoms with Crippen LogP contribution >= 0.6 is 31.9 Å². The summed E-state index contributed by atoms with van der Waals surface area (Å²) in [6.45, 7) is 8.07. The molecule has 0 aliphatic heterocycles. The largest absolute Gasteiger partial charge is 0.490 e. The first-order chi connectivity index (χ1) is 16.8. The van der Waals surface area contributed by atoms with Crippen LogP contribution in [0, 0.1) is 0 Å². The number of carbonyl (C=O) groups is 1. The Morgan fingerprint density at radius 1 is 1.11 bits per heavy atom. The lowest BCUT2D eigenvalue weighted by molar-refractivity contribution is -0.145. The highest BCUT2D eigenvalue weighted by atomic mass is 79.9. The van der Waals surface area contributed by atoms with Gasteiger partial charge < -0.3 is 14.2 Å². The van der Waals surface area contributed by atoms with E-state index in [-0.39, 0.29) is 24.7 Å². The molecule has 10 heteroatoms. The van der Waals surface area contributed by atoms with Crippen LogP contribution in [0.4, 0.5) is 0 Å². The topological polar surface area (TPSA) is 92.0 Å². The van der Waals surface area contributed by atoms with E-state index in [1.54, 1.807) is 31.3 Å². The Balaban J connectivity index is 2.04. The molecule has 1 atom stereocenters. The van der Waals surface area contributed by atoms with Crippen molar-refractivity contribution in [2.75, 3.05) is 19.8 Å². The minimum atomic E-state index is -0.468. The van der Waals surface area contributed by atoms with E-state index < -0.39 is 5.97 Å². The number of halogens is 2. The van der Waals surface area contributed by atoms with Gasteiger partial charge in [0.25, 0.3) is 5.56 Å². The summed E-state index contributed by atoms with van der Waals surface area (Å²) in [6.07, 6.45) is 2.37. The first-order valence-electron chi connectivity index (χ1n) is 11.3. The molecule has 2 aromatic carbocycles. The van der Waals surface area contributed by atoms with Crippen LogP contribution in [-0.2, 0) is 9.53 Å². The van der Waals surface area contributed by atoms with E-state index in [1.807, 2.05) is 32.9 Å². The molecular weight excluding hydrogens is 582 g/mol. The Labute approximate surface area is 220 Å². The van der Waals surface area contributed by atoms with Crippen LogP contribution in [0.3, 0.4) is 0 Å². The molecule has 0 amide bonds. The van der Waals surface area contributed by atoms with Gasteiger partial charge in [0.15, 0.2) is 18.1 Å². The van der Waals surface area contributed by atoms with Crippen molar-refractivity contribution in [3.63, 3.8) is 0 Å². The molecule has 8 nitrogen and oxygen atoms in total. The fourth-order valence-corrected chi connectivity index (χ4v) is 4.06. The van der Waals surface area contributed by atoms with Crippen LogP contribution in [0.2, 0.25) is 0 Å². The number of ether oxygens (including phenoxy) is 3. The molecule has 0 unspecified atom stereocenters. The molecule has 1 aromatic heterocycles. The summed E-state index contributed by atoms with van der Waals surface area (Å²) >= 11 is 6.94. The maximum atomic E-state index is 13.3. The van der Waals surface area contributed by atoms with Gasteiger partial charge in [-0.25, -0.2) is 9.78 Å². The molecule has 0 bridgehead atoms. The molecule has 3 aromatic rings. The quantitative estimate of drug-likeness (QED) is 0.218. The van der Waals surface area contributed by atoms with Crippen molar-refractivity contribution in [3.05, 3.63) is 61.0 Å². The highest BCUT2D eigenvalue weighted by Gasteiger charge is 2.17. The van der Waals surface area contributed by atoms with E-state index in [0.29, 0.717) is 44.9 Å². The van der Waals surface area contributed by atoms with E-state index in [9.17, 15) is 9.59 Å². The number of fused-ring (bicyclic) bond motifs is 1. The maximum absolute atomic E-state index is 13.3. The third-order valence-electron chi connectivity index (χ3n) is 5.21. The van der Waals surface area contributed by atoms with Gasteiger partial charge in [-0.1, -0.05) is 29.8 Å². The van der Waals surface area contributed by atoms with Gasteiger partial charge >= 0.3 is 5.97 Å². The molecular formula is C25H27Br2N3O5. The molecule has 0 saturated carbocycles. The second kappa shape index (κ2) is 12.3. The molecule has 0 aliphatic rings. The summed E-state index contributed by atoms with van der Waals surface area (Å²) in [5.41, 5.74) is 1.04. The highest BCUT2D eigenvalue weighted by molar-refractivity contribution is 9.10. The number of carbonyl (C=O) groups excluding carboxylic acids is 1. The van der Waals surface area contributed by atoms with Crippen molar-refractivity contribution < 1.29 is 19.0 Å². The Morgan fingerprint density at radius 3 is 2.54 bits per heavy atom. The lowest BCUT2D eigenvalue weighted by Gasteiger charge is -2.15. The van der Waals surface area contributed by atoms with Crippen molar-refractivity contribution in [3.8, 4) is 11.5 Å². The second-order valence-corrected chi connectivity index (χ2v) is 9.42. The normalized spacial score (nSPS) is 12.2. The van der Waals surface area contributed by atoms with Gasteiger partial charge in [-0.15, -0.1) is 0 Å². The number of hydrogen-bond acceptors (Lipinski definition) is 7. The van der Waals surface area contributed by atoms with E-state index >= 15 is 0 Å². The monoisotopic (exact) mass is 607 g/mol. The van der Waals surface area contributed by atoms with E-state index in [4.69, 9.17) is 19.2 Å². The third-order valence-corrected chi connectivity index (χ3v) is 6.39. The summed E-state index contributed by atoms with van der Waals surface area (Å²) in [7, 11) is 0. The van der Waals surface area contributed by atoms with E-state index in [1.165, 1.54) is 4.68 Å². The molecule has 0 radical (unpaired) electrons. The van der Waals surface area contributed by atoms with Crippen molar-refractivity contribution >= 4 is 54.9 Å². The number of hydrogen-bond donors (Lipinski definition) is 0. The molecule has 0 aliphatic carbocycles. The first-order valence-corrected chi connectivity index (χ1v) is 12.9. The smallest absolute Gasteiger partial charge is 0.344 e. The van der Waals surface area contributed by atoms with Crippen LogP contribution < -0.4 is 15.0 Å². The minimum absolute atomic E-state index is 0.0222. The van der Waals surface area contributed by atoms with Crippen LogP contribution in [-0.4, -0.2) is 41.7 Å². The summed E-state index contributed by atoms with van der Waals surface area (Å²) in [4.78, 5) is 29.8. The molecule has 0 spiro atoms. The average molecular weight is 609 g/mol. The van der Waals surface area contributed by atoms with Gasteiger partial charge in [0, 0.05) is 20.4 Å². The van der Waals surface area contributed by atoms with Crippen molar-refractivity contribution in [1.29, 1.82) is 0 Å². The minimum Gasteiger partial charge on any atom is -0.490 e. The number of esters is 1. The predicted octanol–water partition coefficient (Wildman–Crippen LogP) is 5.66. The van der Waals surface area contributed by atoms with E-state index in [2.05, 4.69) is 37.0 Å². The number of aromatic nitrogens is 2. The predicted molar refractivity (Wildman–Crippen MR) is 143 cm³/mol.